The van der Waals surface area contributed by atoms with E-state index in [1.807, 2.05) is 25.1 Å². The van der Waals surface area contributed by atoms with Crippen LogP contribution in [0.4, 0.5) is 0 Å². The van der Waals surface area contributed by atoms with Gasteiger partial charge in [0.25, 0.3) is 11.6 Å². The summed E-state index contributed by atoms with van der Waals surface area (Å²) in [6.07, 6.45) is 2.36. The van der Waals surface area contributed by atoms with E-state index in [1.54, 1.807) is 18.3 Å². The molecule has 0 spiro atoms. The van der Waals surface area contributed by atoms with Crippen molar-refractivity contribution in [1.29, 1.82) is 0 Å². The van der Waals surface area contributed by atoms with Crippen molar-refractivity contribution in [3.63, 3.8) is 0 Å². The molecular weight excluding hydrogens is 430 g/mol. The van der Waals surface area contributed by atoms with E-state index in [4.69, 9.17) is 9.26 Å². The fraction of sp³-hybridized carbons (Fsp3) is 0.455. The van der Waals surface area contributed by atoms with Gasteiger partial charge in [-0.05, 0) is 51.3 Å². The summed E-state index contributed by atoms with van der Waals surface area (Å²) >= 11 is 1.61. The quantitative estimate of drug-likeness (QED) is 0.514. The van der Waals surface area contributed by atoms with E-state index in [-0.39, 0.29) is 29.9 Å². The molecule has 32 heavy (non-hydrogen) atoms. The highest BCUT2D eigenvalue weighted by molar-refractivity contribution is 7.15. The van der Waals surface area contributed by atoms with Gasteiger partial charge < -0.3 is 14.6 Å². The van der Waals surface area contributed by atoms with Crippen LogP contribution in [0.3, 0.4) is 0 Å². The van der Waals surface area contributed by atoms with Gasteiger partial charge in [-0.2, -0.15) is 0 Å². The summed E-state index contributed by atoms with van der Waals surface area (Å²) in [6.45, 7) is 3.84. The molecule has 168 valence electrons. The number of fused-ring (bicyclic) bond motifs is 2. The molecule has 2 fully saturated rings. The highest BCUT2D eigenvalue weighted by atomic mass is 32.1. The largest absolute Gasteiger partial charge is 0.468 e. The van der Waals surface area contributed by atoms with Gasteiger partial charge in [0.05, 0.1) is 34.3 Å². The first-order chi connectivity index (χ1) is 15.4. The standard InChI is InChI=1S/C22H25N5O4S/c1-10-4-7-17(32-10)16-9-14(18-11(2)27-31-21(18)24-16)20(28)23-12-5-6-15-13(8-12)19(26-25-15)22(29)30-3/h4,7,9,12-13,15,19,25-26H,5-6,8H2,1-3H3,(H,23,28). The number of methoxy groups -OCH3 is 1. The van der Waals surface area contributed by atoms with Crippen molar-refractivity contribution < 1.29 is 18.8 Å². The fourth-order valence-electron chi connectivity index (χ4n) is 4.78. The van der Waals surface area contributed by atoms with Crippen LogP contribution in [0.5, 0.6) is 0 Å². The summed E-state index contributed by atoms with van der Waals surface area (Å²) in [5, 5.41) is 7.83. The number of carbonyl (C=O) groups is 2. The summed E-state index contributed by atoms with van der Waals surface area (Å²) in [5.74, 6) is -0.417. The molecule has 1 saturated carbocycles. The predicted octanol–water partition coefficient (Wildman–Crippen LogP) is 2.48. The van der Waals surface area contributed by atoms with E-state index >= 15 is 0 Å². The van der Waals surface area contributed by atoms with Gasteiger partial charge in [0.15, 0.2) is 0 Å². The number of aromatic nitrogens is 2. The van der Waals surface area contributed by atoms with Gasteiger partial charge in [-0.3, -0.25) is 15.0 Å². The Morgan fingerprint density at radius 1 is 1.25 bits per heavy atom. The van der Waals surface area contributed by atoms with Crippen molar-refractivity contribution in [3.05, 3.63) is 34.3 Å². The number of hydrogen-bond acceptors (Lipinski definition) is 9. The molecule has 5 rings (SSSR count). The Balaban J connectivity index is 1.41. The lowest BCUT2D eigenvalue weighted by Gasteiger charge is -2.32. The molecule has 1 aliphatic heterocycles. The lowest BCUT2D eigenvalue weighted by atomic mass is 9.79. The molecule has 4 unspecified atom stereocenters. The predicted molar refractivity (Wildman–Crippen MR) is 119 cm³/mol. The van der Waals surface area contributed by atoms with Gasteiger partial charge in [-0.1, -0.05) is 5.16 Å². The normalized spacial score (nSPS) is 25.0. The summed E-state index contributed by atoms with van der Waals surface area (Å²) < 4.78 is 10.3. The summed E-state index contributed by atoms with van der Waals surface area (Å²) in [7, 11) is 1.39. The number of hydrazine groups is 1. The first-order valence-corrected chi connectivity index (χ1v) is 11.5. The number of esters is 1. The zero-order chi connectivity index (χ0) is 22.4. The van der Waals surface area contributed by atoms with E-state index < -0.39 is 6.04 Å². The lowest BCUT2D eigenvalue weighted by molar-refractivity contribution is -0.144. The number of ether oxygens (including phenoxy) is 1. The molecule has 1 aliphatic carbocycles. The minimum absolute atomic E-state index is 0.0478. The Hall–Kier alpha value is -2.82. The highest BCUT2D eigenvalue weighted by Gasteiger charge is 2.44. The van der Waals surface area contributed by atoms with Crippen molar-refractivity contribution in [2.45, 2.75) is 51.2 Å². The van der Waals surface area contributed by atoms with Gasteiger partial charge >= 0.3 is 5.97 Å². The smallest absolute Gasteiger partial charge is 0.324 e. The summed E-state index contributed by atoms with van der Waals surface area (Å²) in [5.41, 5.74) is 8.42. The van der Waals surface area contributed by atoms with Gasteiger partial charge in [0, 0.05) is 22.9 Å². The minimum atomic E-state index is -0.411. The number of nitrogens with one attached hydrogen (secondary N) is 3. The van der Waals surface area contributed by atoms with E-state index in [2.05, 4.69) is 26.3 Å². The van der Waals surface area contributed by atoms with Crippen LogP contribution in [0.25, 0.3) is 21.7 Å². The average molecular weight is 456 g/mol. The van der Waals surface area contributed by atoms with Crippen LogP contribution >= 0.6 is 11.3 Å². The number of amides is 1. The molecule has 2 aliphatic rings. The van der Waals surface area contributed by atoms with E-state index in [0.29, 0.717) is 34.5 Å². The maximum atomic E-state index is 13.4. The molecule has 10 heteroatoms. The first kappa shape index (κ1) is 21.0. The Labute approximate surface area is 188 Å². The van der Waals surface area contributed by atoms with Crippen molar-refractivity contribution in [3.8, 4) is 10.6 Å². The Morgan fingerprint density at radius 2 is 2.09 bits per heavy atom. The van der Waals surface area contributed by atoms with Crippen LogP contribution in [0.15, 0.2) is 22.7 Å². The van der Waals surface area contributed by atoms with Crippen molar-refractivity contribution in [2.24, 2.45) is 5.92 Å². The van der Waals surface area contributed by atoms with Crippen LogP contribution in [0, 0.1) is 19.8 Å². The van der Waals surface area contributed by atoms with Gasteiger partial charge in [0.1, 0.15) is 6.04 Å². The maximum absolute atomic E-state index is 13.4. The van der Waals surface area contributed by atoms with Crippen molar-refractivity contribution in [2.75, 3.05) is 7.11 Å². The van der Waals surface area contributed by atoms with Crippen LogP contribution in [0.2, 0.25) is 0 Å². The molecule has 3 aromatic heterocycles. The minimum Gasteiger partial charge on any atom is -0.468 e. The Kier molecular flexibility index (Phi) is 5.44. The molecule has 4 atom stereocenters. The van der Waals surface area contributed by atoms with Crippen molar-refractivity contribution in [1.82, 2.24) is 26.3 Å². The van der Waals surface area contributed by atoms with Crippen LogP contribution < -0.4 is 16.2 Å². The third kappa shape index (κ3) is 3.68. The third-order valence-electron chi connectivity index (χ3n) is 6.40. The first-order valence-electron chi connectivity index (χ1n) is 10.7. The molecular formula is C22H25N5O4S. The lowest BCUT2D eigenvalue weighted by Crippen LogP contribution is -2.46. The fourth-order valence-corrected chi connectivity index (χ4v) is 5.61. The van der Waals surface area contributed by atoms with Crippen LogP contribution in [0.1, 0.15) is 40.2 Å². The molecule has 0 bridgehead atoms. The zero-order valence-corrected chi connectivity index (χ0v) is 18.9. The van der Waals surface area contributed by atoms with Crippen LogP contribution in [-0.2, 0) is 9.53 Å². The number of pyridine rings is 1. The summed E-state index contributed by atoms with van der Waals surface area (Å²) in [4.78, 5) is 32.2. The number of thiophene rings is 1. The Morgan fingerprint density at radius 3 is 2.84 bits per heavy atom. The zero-order valence-electron chi connectivity index (χ0n) is 18.1. The van der Waals surface area contributed by atoms with E-state index in [0.717, 1.165) is 22.6 Å². The molecule has 9 nitrogen and oxygen atoms in total. The molecule has 0 aromatic carbocycles. The monoisotopic (exact) mass is 455 g/mol. The van der Waals surface area contributed by atoms with E-state index in [1.165, 1.54) is 7.11 Å². The topological polar surface area (TPSA) is 118 Å². The van der Waals surface area contributed by atoms with Gasteiger partial charge in [0.2, 0.25) is 0 Å². The van der Waals surface area contributed by atoms with Crippen molar-refractivity contribution >= 4 is 34.3 Å². The molecule has 0 radical (unpaired) electrons. The SMILES string of the molecule is COC(=O)C1NNC2CCC(NC(=O)c3cc(-c4ccc(C)s4)nc4onc(C)c34)CC21. The second-order valence-corrected chi connectivity index (χ2v) is 9.74. The molecule has 1 amide bonds. The molecule has 3 aromatic rings. The Bertz CT molecular complexity index is 1190. The number of carbonyl (C=O) groups excluding carboxylic acids is 2. The second kappa shape index (κ2) is 8.27. The number of nitrogens with zero attached hydrogens (tertiary/aromatic N) is 2. The van der Waals surface area contributed by atoms with Gasteiger partial charge in [-0.15, -0.1) is 11.3 Å². The third-order valence-corrected chi connectivity index (χ3v) is 7.42. The maximum Gasteiger partial charge on any atom is 0.324 e. The molecule has 1 saturated heterocycles. The number of aryl methyl sites for hydroxylation is 2. The molecule has 3 N–H and O–H groups in total. The average Bonchev–Trinajstić information content (AvgIpc) is 3.51. The molecule has 4 heterocycles. The number of rotatable bonds is 4. The number of hydrogen-bond donors (Lipinski definition) is 3. The summed E-state index contributed by atoms with van der Waals surface area (Å²) in [6, 6.07) is 5.56. The highest BCUT2D eigenvalue weighted by Crippen LogP contribution is 2.33. The second-order valence-electron chi connectivity index (χ2n) is 8.46. The van der Waals surface area contributed by atoms with E-state index in [9.17, 15) is 9.59 Å². The van der Waals surface area contributed by atoms with Gasteiger partial charge in [-0.25, -0.2) is 10.4 Å². The van der Waals surface area contributed by atoms with Crippen LogP contribution in [-0.4, -0.2) is 47.3 Å².